The lowest BCUT2D eigenvalue weighted by Crippen LogP contribution is -2.47. The van der Waals surface area contributed by atoms with Gasteiger partial charge in [-0.3, -0.25) is 4.79 Å². The molecule has 0 aliphatic carbocycles. The first kappa shape index (κ1) is 17.6. The molecule has 0 saturated carbocycles. The van der Waals surface area contributed by atoms with Gasteiger partial charge in [-0.15, -0.1) is 11.3 Å². The summed E-state index contributed by atoms with van der Waals surface area (Å²) < 4.78 is 5.35. The molecule has 26 heavy (non-hydrogen) atoms. The SMILES string of the molecule is Cc1ncsc1-c1ccc([C@@H](NC(=O)C2CC(O)CN2)C2COC2)cc1. The van der Waals surface area contributed by atoms with Crippen molar-refractivity contribution in [2.24, 2.45) is 5.92 Å². The lowest BCUT2D eigenvalue weighted by atomic mass is 9.90. The van der Waals surface area contributed by atoms with E-state index in [4.69, 9.17) is 4.74 Å². The summed E-state index contributed by atoms with van der Waals surface area (Å²) in [5.74, 6) is 0.224. The third kappa shape index (κ3) is 3.53. The monoisotopic (exact) mass is 373 g/mol. The molecule has 3 heterocycles. The molecule has 6 nitrogen and oxygen atoms in total. The minimum atomic E-state index is -0.446. The van der Waals surface area contributed by atoms with Crippen LogP contribution >= 0.6 is 11.3 Å². The number of benzene rings is 1. The number of aryl methyl sites for hydroxylation is 1. The predicted molar refractivity (Wildman–Crippen MR) is 99.9 cm³/mol. The number of hydrogen-bond acceptors (Lipinski definition) is 6. The molecule has 0 radical (unpaired) electrons. The number of ether oxygens (including phenoxy) is 1. The van der Waals surface area contributed by atoms with Crippen LogP contribution in [0.2, 0.25) is 0 Å². The molecule has 0 bridgehead atoms. The van der Waals surface area contributed by atoms with Gasteiger partial charge in [-0.25, -0.2) is 4.98 Å². The van der Waals surface area contributed by atoms with Gasteiger partial charge in [0.2, 0.25) is 5.91 Å². The summed E-state index contributed by atoms with van der Waals surface area (Å²) in [7, 11) is 0. The zero-order chi connectivity index (χ0) is 18.1. The standard InChI is InChI=1S/C19H23N3O3S/c1-11-18(26-10-21-11)13-4-2-12(3-5-13)17(14-8-25-9-14)22-19(24)16-6-15(23)7-20-16/h2-5,10,14-17,20,23H,6-9H2,1H3,(H,22,24)/t15?,16?,17-/m1/s1. The van der Waals surface area contributed by atoms with Crippen molar-refractivity contribution in [1.29, 1.82) is 0 Å². The van der Waals surface area contributed by atoms with Crippen molar-refractivity contribution in [3.05, 3.63) is 41.0 Å². The highest BCUT2D eigenvalue weighted by atomic mass is 32.1. The number of carbonyl (C=O) groups excluding carboxylic acids is 1. The van der Waals surface area contributed by atoms with Crippen molar-refractivity contribution in [3.63, 3.8) is 0 Å². The Morgan fingerprint density at radius 1 is 1.38 bits per heavy atom. The van der Waals surface area contributed by atoms with E-state index in [0.717, 1.165) is 16.8 Å². The molecule has 7 heteroatoms. The Morgan fingerprint density at radius 2 is 2.15 bits per heavy atom. The predicted octanol–water partition coefficient (Wildman–Crippen LogP) is 1.65. The lowest BCUT2D eigenvalue weighted by Gasteiger charge is -2.35. The number of hydrogen-bond donors (Lipinski definition) is 3. The van der Waals surface area contributed by atoms with Gasteiger partial charge in [-0.05, 0) is 24.5 Å². The van der Waals surface area contributed by atoms with Crippen LogP contribution in [0.1, 0.15) is 23.7 Å². The van der Waals surface area contributed by atoms with E-state index in [2.05, 4.69) is 39.9 Å². The number of rotatable bonds is 5. The van der Waals surface area contributed by atoms with E-state index in [1.165, 1.54) is 4.88 Å². The number of carbonyl (C=O) groups is 1. The van der Waals surface area contributed by atoms with Gasteiger partial charge in [0.25, 0.3) is 0 Å². The lowest BCUT2D eigenvalue weighted by molar-refractivity contribution is -0.126. The molecule has 0 spiro atoms. The molecule has 1 aromatic carbocycles. The molecular weight excluding hydrogens is 350 g/mol. The highest BCUT2D eigenvalue weighted by Gasteiger charge is 2.34. The first-order valence-corrected chi connectivity index (χ1v) is 9.80. The average molecular weight is 373 g/mol. The number of thiazole rings is 1. The summed E-state index contributed by atoms with van der Waals surface area (Å²) in [4.78, 5) is 18.1. The number of nitrogens with one attached hydrogen (secondary N) is 2. The molecule has 1 aromatic heterocycles. The van der Waals surface area contributed by atoms with Crippen LogP contribution in [0.4, 0.5) is 0 Å². The molecule has 3 atom stereocenters. The summed E-state index contributed by atoms with van der Waals surface area (Å²) in [6.07, 6.45) is 0.0155. The van der Waals surface area contributed by atoms with Crippen LogP contribution < -0.4 is 10.6 Å². The molecule has 138 valence electrons. The smallest absolute Gasteiger partial charge is 0.237 e. The quantitative estimate of drug-likeness (QED) is 0.742. The zero-order valence-electron chi connectivity index (χ0n) is 14.6. The average Bonchev–Trinajstić information content (AvgIpc) is 3.21. The molecule has 2 unspecified atom stereocenters. The number of β-amino-alcohol motifs (C(OH)–C–C–N with tert-alkyl or cyclic N) is 1. The van der Waals surface area contributed by atoms with Crippen molar-refractivity contribution >= 4 is 17.2 Å². The summed E-state index contributed by atoms with van der Waals surface area (Å²) in [6.45, 7) is 3.79. The Balaban J connectivity index is 1.51. The van der Waals surface area contributed by atoms with Crippen LogP contribution in [0.5, 0.6) is 0 Å². The Morgan fingerprint density at radius 3 is 2.69 bits per heavy atom. The first-order valence-electron chi connectivity index (χ1n) is 8.92. The van der Waals surface area contributed by atoms with Gasteiger partial charge in [-0.2, -0.15) is 0 Å². The zero-order valence-corrected chi connectivity index (χ0v) is 15.5. The maximum absolute atomic E-state index is 12.6. The van der Waals surface area contributed by atoms with E-state index >= 15 is 0 Å². The van der Waals surface area contributed by atoms with Crippen molar-refractivity contribution < 1.29 is 14.6 Å². The largest absolute Gasteiger partial charge is 0.392 e. The van der Waals surface area contributed by atoms with Crippen molar-refractivity contribution in [2.75, 3.05) is 19.8 Å². The maximum Gasteiger partial charge on any atom is 0.237 e. The maximum atomic E-state index is 12.6. The van der Waals surface area contributed by atoms with Crippen molar-refractivity contribution in [2.45, 2.75) is 31.5 Å². The highest BCUT2D eigenvalue weighted by molar-refractivity contribution is 7.13. The minimum absolute atomic E-state index is 0.0548. The normalized spacial score (nSPS) is 24.2. The fraction of sp³-hybridized carbons (Fsp3) is 0.474. The van der Waals surface area contributed by atoms with E-state index in [1.54, 1.807) is 11.3 Å². The Kier molecular flexibility index (Phi) is 5.04. The van der Waals surface area contributed by atoms with Gasteiger partial charge in [0.1, 0.15) is 0 Å². The first-order chi connectivity index (χ1) is 12.6. The molecule has 4 rings (SSSR count). The number of aliphatic hydroxyl groups is 1. The molecule has 2 aliphatic rings. The third-order valence-corrected chi connectivity index (χ3v) is 6.11. The van der Waals surface area contributed by atoms with Crippen LogP contribution in [0.25, 0.3) is 10.4 Å². The molecule has 2 fully saturated rings. The van der Waals surface area contributed by atoms with Crippen LogP contribution in [0.15, 0.2) is 29.8 Å². The number of aromatic nitrogens is 1. The van der Waals surface area contributed by atoms with Gasteiger partial charge in [-0.1, -0.05) is 24.3 Å². The number of amides is 1. The van der Waals surface area contributed by atoms with E-state index in [9.17, 15) is 9.90 Å². The fourth-order valence-electron chi connectivity index (χ4n) is 3.51. The summed E-state index contributed by atoms with van der Waals surface area (Å²) in [5, 5.41) is 15.9. The molecule has 2 saturated heterocycles. The number of nitrogens with zero attached hydrogens (tertiary/aromatic N) is 1. The molecule has 3 N–H and O–H groups in total. The van der Waals surface area contributed by atoms with E-state index in [1.807, 2.05) is 12.4 Å². The van der Waals surface area contributed by atoms with Gasteiger partial charge >= 0.3 is 0 Å². The van der Waals surface area contributed by atoms with Crippen LogP contribution in [-0.2, 0) is 9.53 Å². The molecule has 2 aromatic rings. The number of aliphatic hydroxyl groups excluding tert-OH is 1. The molecule has 2 aliphatic heterocycles. The van der Waals surface area contributed by atoms with Crippen molar-refractivity contribution in [3.8, 4) is 10.4 Å². The topological polar surface area (TPSA) is 83.5 Å². The minimum Gasteiger partial charge on any atom is -0.392 e. The molecule has 1 amide bonds. The Labute approximate surface area is 156 Å². The molecular formula is C19H23N3O3S. The van der Waals surface area contributed by atoms with Crippen molar-refractivity contribution in [1.82, 2.24) is 15.6 Å². The Hall–Kier alpha value is -1.80. The Bertz CT molecular complexity index is 773. The second-order valence-electron chi connectivity index (χ2n) is 7.02. The summed E-state index contributed by atoms with van der Waals surface area (Å²) >= 11 is 1.63. The van der Waals surface area contributed by atoms with E-state index < -0.39 is 6.10 Å². The van der Waals surface area contributed by atoms with Gasteiger partial charge < -0.3 is 20.5 Å². The van der Waals surface area contributed by atoms with Gasteiger partial charge in [0.15, 0.2) is 0 Å². The summed E-state index contributed by atoms with van der Waals surface area (Å²) in [6, 6.07) is 7.93. The van der Waals surface area contributed by atoms with E-state index in [-0.39, 0.29) is 23.9 Å². The summed E-state index contributed by atoms with van der Waals surface area (Å²) in [5.41, 5.74) is 5.11. The third-order valence-electron chi connectivity index (χ3n) is 5.13. The van der Waals surface area contributed by atoms with E-state index in [0.29, 0.717) is 26.2 Å². The van der Waals surface area contributed by atoms with Crippen LogP contribution in [0.3, 0.4) is 0 Å². The second-order valence-corrected chi connectivity index (χ2v) is 7.88. The fourth-order valence-corrected chi connectivity index (χ4v) is 4.32. The second kappa shape index (κ2) is 7.44. The van der Waals surface area contributed by atoms with Gasteiger partial charge in [0, 0.05) is 12.5 Å². The highest BCUT2D eigenvalue weighted by Crippen LogP contribution is 2.32. The van der Waals surface area contributed by atoms with Crippen LogP contribution in [0, 0.1) is 12.8 Å². The van der Waals surface area contributed by atoms with Crippen LogP contribution in [-0.4, -0.2) is 47.9 Å². The van der Waals surface area contributed by atoms with Gasteiger partial charge in [0.05, 0.1) is 47.5 Å².